The van der Waals surface area contributed by atoms with Crippen LogP contribution in [-0.2, 0) is 37.6 Å². The molecule has 0 saturated heterocycles. The summed E-state index contributed by atoms with van der Waals surface area (Å²) in [7, 11) is 0. The van der Waals surface area contributed by atoms with Gasteiger partial charge in [-0.25, -0.2) is 0 Å². The molecule has 0 heterocycles. The Kier molecular flexibility index (Phi) is 6.16. The van der Waals surface area contributed by atoms with Crippen LogP contribution in [0.1, 0.15) is 28.7 Å². The van der Waals surface area contributed by atoms with Gasteiger partial charge in [0.1, 0.15) is 0 Å². The minimum absolute atomic E-state index is 0. The SMILES string of the molecule is [Cl-].[Cl-].[Zr+2][C]1(C2=Cc3ccccc3C2)C=CC(C2=Cc3ccccc3C2)=CC1. The summed E-state index contributed by atoms with van der Waals surface area (Å²) in [4.78, 5) is 0. The van der Waals surface area contributed by atoms with Crippen molar-refractivity contribution in [3.8, 4) is 0 Å². The first-order valence-corrected chi connectivity index (χ1v) is 10.2. The first-order chi connectivity index (χ1) is 12.2. The van der Waals surface area contributed by atoms with Crippen molar-refractivity contribution in [2.75, 3.05) is 0 Å². The predicted molar refractivity (Wildman–Crippen MR) is 101 cm³/mol. The molecule has 2 aromatic rings. The van der Waals surface area contributed by atoms with Crippen molar-refractivity contribution < 1.29 is 49.5 Å². The molecule has 3 aliphatic rings. The van der Waals surface area contributed by atoms with E-state index in [2.05, 4.69) is 78.9 Å². The molecule has 0 spiro atoms. The fraction of sp³-hybridized carbons (Fsp3) is 0.167. The van der Waals surface area contributed by atoms with Gasteiger partial charge in [-0.2, -0.15) is 0 Å². The molecule has 0 fully saturated rings. The number of hydrogen-bond donors (Lipinski definition) is 0. The monoisotopic (exact) mass is 467 g/mol. The Morgan fingerprint density at radius 2 is 1.41 bits per heavy atom. The van der Waals surface area contributed by atoms with Gasteiger partial charge < -0.3 is 24.8 Å². The van der Waals surface area contributed by atoms with Crippen LogP contribution in [0.15, 0.2) is 83.5 Å². The molecule has 0 aliphatic heterocycles. The zero-order chi connectivity index (χ0) is 16.9. The molecule has 3 heteroatoms. The summed E-state index contributed by atoms with van der Waals surface area (Å²) < 4.78 is 0.237. The van der Waals surface area contributed by atoms with Crippen LogP contribution in [0.2, 0.25) is 3.12 Å². The van der Waals surface area contributed by atoms with E-state index < -0.39 is 0 Å². The van der Waals surface area contributed by atoms with E-state index in [4.69, 9.17) is 0 Å². The van der Waals surface area contributed by atoms with Crippen LogP contribution in [0.4, 0.5) is 0 Å². The van der Waals surface area contributed by atoms with Crippen molar-refractivity contribution >= 4 is 12.2 Å². The Bertz CT molecular complexity index is 997. The number of halogens is 2. The van der Waals surface area contributed by atoms with Gasteiger partial charge in [-0.05, 0) is 0 Å². The van der Waals surface area contributed by atoms with E-state index in [9.17, 15) is 0 Å². The maximum atomic E-state index is 2.47. The van der Waals surface area contributed by atoms with Crippen molar-refractivity contribution in [1.82, 2.24) is 0 Å². The summed E-state index contributed by atoms with van der Waals surface area (Å²) in [6.07, 6.45) is 15.4. The van der Waals surface area contributed by atoms with E-state index in [0.29, 0.717) is 0 Å². The molecule has 0 aromatic heterocycles. The van der Waals surface area contributed by atoms with Crippen LogP contribution in [0, 0.1) is 0 Å². The van der Waals surface area contributed by atoms with E-state index in [0.717, 1.165) is 19.3 Å². The average molecular weight is 470 g/mol. The summed E-state index contributed by atoms with van der Waals surface area (Å²) in [5, 5.41) is 0. The number of benzene rings is 2. The summed E-state index contributed by atoms with van der Waals surface area (Å²) >= 11 is 1.59. The van der Waals surface area contributed by atoms with Crippen LogP contribution in [0.5, 0.6) is 0 Å². The predicted octanol–water partition coefficient (Wildman–Crippen LogP) is -0.134. The Morgan fingerprint density at radius 3 is 2.00 bits per heavy atom. The van der Waals surface area contributed by atoms with E-state index in [1.165, 1.54) is 33.4 Å². The van der Waals surface area contributed by atoms with Crippen molar-refractivity contribution in [2.45, 2.75) is 22.4 Å². The number of hydrogen-bond acceptors (Lipinski definition) is 0. The van der Waals surface area contributed by atoms with E-state index in [1.807, 2.05) is 0 Å². The van der Waals surface area contributed by atoms with Crippen molar-refractivity contribution in [3.63, 3.8) is 0 Å². The van der Waals surface area contributed by atoms with E-state index in [-0.39, 0.29) is 27.9 Å². The molecule has 0 N–H and O–H groups in total. The number of rotatable bonds is 2. The second-order valence-corrected chi connectivity index (χ2v) is 9.45. The standard InChI is InChI=1S/C24H19.2ClH.Zr/c1-2-6-20-14-23(13-19(20)5-1)17-9-11-18(12-10-17)24-15-21-7-3-4-8-22(21)16-24;;;/h1-11,13,15H,12,14,16H2;2*1H;/q;;;+2/p-2. The Labute approximate surface area is 188 Å². The molecule has 0 nitrogen and oxygen atoms in total. The summed E-state index contributed by atoms with van der Waals surface area (Å²) in [6.45, 7) is 0. The molecule has 0 saturated carbocycles. The van der Waals surface area contributed by atoms with Gasteiger partial charge in [0.05, 0.1) is 0 Å². The van der Waals surface area contributed by atoms with Gasteiger partial charge in [-0.1, -0.05) is 0 Å². The molecule has 0 bridgehead atoms. The summed E-state index contributed by atoms with van der Waals surface area (Å²) in [6, 6.07) is 17.6. The second-order valence-electron chi connectivity index (χ2n) is 7.26. The quantitative estimate of drug-likeness (QED) is 0.575. The van der Waals surface area contributed by atoms with Gasteiger partial charge in [0, 0.05) is 0 Å². The number of allylic oxidation sites excluding steroid dienone is 6. The molecule has 1 atom stereocenters. The third-order valence-corrected chi connectivity index (χ3v) is 7.37. The molecule has 133 valence electrons. The summed E-state index contributed by atoms with van der Waals surface area (Å²) in [5.74, 6) is 0. The van der Waals surface area contributed by atoms with Crippen LogP contribution >= 0.6 is 0 Å². The maximum absolute atomic E-state index is 2.47. The van der Waals surface area contributed by atoms with Crippen LogP contribution in [-0.4, -0.2) is 0 Å². The van der Waals surface area contributed by atoms with Crippen LogP contribution < -0.4 is 24.8 Å². The van der Waals surface area contributed by atoms with Crippen LogP contribution in [0.25, 0.3) is 12.2 Å². The summed E-state index contributed by atoms with van der Waals surface area (Å²) in [5.41, 5.74) is 10.2. The number of fused-ring (bicyclic) bond motifs is 2. The van der Waals surface area contributed by atoms with Crippen molar-refractivity contribution in [3.05, 3.63) is 106 Å². The fourth-order valence-electron chi connectivity index (χ4n) is 4.15. The first-order valence-electron chi connectivity index (χ1n) is 8.93. The molecule has 5 rings (SSSR count). The normalized spacial score (nSPS) is 21.9. The van der Waals surface area contributed by atoms with E-state index >= 15 is 0 Å². The van der Waals surface area contributed by atoms with Crippen molar-refractivity contribution in [1.29, 1.82) is 0 Å². The zero-order valence-corrected chi connectivity index (χ0v) is 18.9. The first kappa shape index (κ1) is 20.6. The molecular weight excluding hydrogens is 450 g/mol. The van der Waals surface area contributed by atoms with Gasteiger partial charge in [-0.3, -0.25) is 0 Å². The minimum atomic E-state index is 0. The molecule has 1 unspecified atom stereocenters. The third kappa shape index (κ3) is 3.75. The molecular formula is C24H19Cl2Zr. The van der Waals surface area contributed by atoms with Gasteiger partial charge in [-0.15, -0.1) is 0 Å². The molecule has 27 heavy (non-hydrogen) atoms. The van der Waals surface area contributed by atoms with Gasteiger partial charge >= 0.3 is 165 Å². The van der Waals surface area contributed by atoms with Gasteiger partial charge in [0.25, 0.3) is 0 Å². The fourth-order valence-corrected chi connectivity index (χ4v) is 5.00. The molecule has 3 aliphatic carbocycles. The van der Waals surface area contributed by atoms with Gasteiger partial charge in [0.2, 0.25) is 0 Å². The van der Waals surface area contributed by atoms with Crippen molar-refractivity contribution in [2.24, 2.45) is 0 Å². The Morgan fingerprint density at radius 1 is 0.778 bits per heavy atom. The van der Waals surface area contributed by atoms with Crippen LogP contribution in [0.3, 0.4) is 0 Å². The molecule has 0 radical (unpaired) electrons. The Balaban J connectivity index is 0.00000105. The second kappa shape index (κ2) is 8.08. The Hall–Kier alpha value is -1.14. The molecule has 2 aromatic carbocycles. The third-order valence-electron chi connectivity index (χ3n) is 5.67. The average Bonchev–Trinajstić information content (AvgIpc) is 3.26. The van der Waals surface area contributed by atoms with Gasteiger partial charge in [0.15, 0.2) is 0 Å². The van der Waals surface area contributed by atoms with E-state index in [1.54, 1.807) is 30.3 Å². The topological polar surface area (TPSA) is 0 Å². The zero-order valence-electron chi connectivity index (χ0n) is 14.9. The molecule has 0 amide bonds.